The van der Waals surface area contributed by atoms with Crippen LogP contribution in [0.25, 0.3) is 93.6 Å². The van der Waals surface area contributed by atoms with Crippen molar-refractivity contribution in [1.82, 2.24) is 4.57 Å². The predicted octanol–water partition coefficient (Wildman–Crippen LogP) is 16.0. The maximum atomic E-state index is 7.34. The van der Waals surface area contributed by atoms with E-state index in [-0.39, 0.29) is 28.5 Å². The van der Waals surface area contributed by atoms with Gasteiger partial charge in [0.1, 0.15) is 22.3 Å². The van der Waals surface area contributed by atoms with Crippen molar-refractivity contribution in [2.75, 3.05) is 4.81 Å². The Hall–Kier alpha value is -6.98. The molecule has 2 aliphatic heterocycles. The zero-order chi connectivity index (χ0) is 46.7. The first kappa shape index (κ1) is 40.1. The Morgan fingerprint density at radius 2 is 1.13 bits per heavy atom. The number of anilines is 2. The molecule has 0 unspecified atom stereocenters. The lowest BCUT2D eigenvalue weighted by atomic mass is 9.43. The molecule has 0 saturated heterocycles. The molecule has 8 aromatic carbocycles. The third kappa shape index (κ3) is 5.12. The van der Waals surface area contributed by atoms with E-state index >= 15 is 0 Å². The van der Waals surface area contributed by atoms with Crippen molar-refractivity contribution in [3.8, 4) is 27.9 Å². The molecule has 0 fully saturated rings. The second-order valence-electron chi connectivity index (χ2n) is 23.8. The molecule has 0 atom stereocenters. The minimum absolute atomic E-state index is 0.00165. The van der Waals surface area contributed by atoms with Crippen LogP contribution in [-0.4, -0.2) is 11.4 Å². The quantitative estimate of drug-likeness (QED) is 0.154. The lowest BCUT2D eigenvalue weighted by Gasteiger charge is -2.42. The summed E-state index contributed by atoms with van der Waals surface area (Å²) in [6, 6.07) is 51.1. The van der Waals surface area contributed by atoms with Crippen LogP contribution in [0.5, 0.6) is 0 Å². The number of hydrogen-bond acceptors (Lipinski definition) is 3. The van der Waals surface area contributed by atoms with E-state index in [0.717, 1.165) is 61.0 Å². The van der Waals surface area contributed by atoms with Crippen LogP contribution in [0.1, 0.15) is 104 Å². The monoisotopic (exact) mass is 882 g/mol. The summed E-state index contributed by atoms with van der Waals surface area (Å²) in [6.07, 6.45) is 0. The van der Waals surface area contributed by atoms with E-state index < -0.39 is 0 Å². The van der Waals surface area contributed by atoms with Crippen LogP contribution < -0.4 is 15.7 Å². The number of benzene rings is 8. The molecule has 0 radical (unpaired) electrons. The number of fused-ring (bicyclic) bond motifs is 19. The van der Waals surface area contributed by atoms with Gasteiger partial charge in [0.05, 0.1) is 11.0 Å². The fraction of sp³-hybridized carbons (Fsp3) is 0.238. The average molecular weight is 883 g/mol. The van der Waals surface area contributed by atoms with Crippen LogP contribution in [0.3, 0.4) is 0 Å². The maximum Gasteiger partial charge on any atom is 0.333 e. The van der Waals surface area contributed by atoms with Gasteiger partial charge in [0.15, 0.2) is 0 Å². The molecule has 0 bridgehead atoms. The van der Waals surface area contributed by atoms with Crippen molar-refractivity contribution < 1.29 is 8.83 Å². The first-order chi connectivity index (χ1) is 32.4. The molecule has 11 aromatic rings. The molecule has 5 heterocycles. The van der Waals surface area contributed by atoms with E-state index in [1.54, 1.807) is 0 Å². The summed E-state index contributed by atoms with van der Waals surface area (Å²) >= 11 is 0. The van der Waals surface area contributed by atoms with Crippen LogP contribution in [0.2, 0.25) is 0 Å². The van der Waals surface area contributed by atoms with Gasteiger partial charge in [-0.15, -0.1) is 0 Å². The van der Waals surface area contributed by atoms with Crippen LogP contribution in [0.4, 0.5) is 11.4 Å². The van der Waals surface area contributed by atoms with Gasteiger partial charge in [-0.1, -0.05) is 149 Å². The zero-order valence-electron chi connectivity index (χ0n) is 41.0. The van der Waals surface area contributed by atoms with Crippen molar-refractivity contribution in [3.63, 3.8) is 0 Å². The summed E-state index contributed by atoms with van der Waals surface area (Å²) in [5.74, 6) is 0. The Kier molecular flexibility index (Phi) is 7.53. The Bertz CT molecular complexity index is 4060. The molecular formula is C63H55BN2O2. The Morgan fingerprint density at radius 3 is 1.88 bits per heavy atom. The molecule has 68 heavy (non-hydrogen) atoms. The summed E-state index contributed by atoms with van der Waals surface area (Å²) in [4.78, 5) is 2.67. The van der Waals surface area contributed by atoms with Crippen molar-refractivity contribution in [3.05, 3.63) is 161 Å². The van der Waals surface area contributed by atoms with Gasteiger partial charge in [-0.3, -0.25) is 0 Å². The number of nitrogens with zero attached hydrogens (tertiary/aromatic N) is 2. The highest BCUT2D eigenvalue weighted by Crippen LogP contribution is 2.55. The van der Waals surface area contributed by atoms with Crippen molar-refractivity contribution >= 4 is 94.8 Å². The predicted molar refractivity (Wildman–Crippen MR) is 288 cm³/mol. The highest BCUT2D eigenvalue weighted by molar-refractivity contribution is 6.94. The number of para-hydroxylation sites is 1. The SMILES string of the molecule is CC(C)(C)c1ccc(N2B3c4cc5c(cc4-n4c6ccc(C(C)(C)C)cc6c6c7c(oc8ccccc87)c(c3c64)-c3cc4oc6ccc(C(C)(C)C)cc6c4cc32)C(C)(C)c2ccccc2-5)cc1. The van der Waals surface area contributed by atoms with Gasteiger partial charge < -0.3 is 18.2 Å². The lowest BCUT2D eigenvalue weighted by molar-refractivity contribution is 0.590. The standard InChI is InChI=1S/C63H55BN2O2/c1-60(2,3)34-20-24-37(25-21-34)66-49-31-42-41-28-36(62(7,8)9)23-27-52(41)67-53(42)32-44(49)56-57-58-54(55-39-17-13-15-19-51(39)68-59(55)56)43-29-35(61(4,5)6)22-26-48(43)65(58)50-33-46-40(30-47(50)64(57)66)38-16-12-14-18-45(38)63(46,10)11/h12-33H,1-11H3. The molecule has 0 saturated carbocycles. The Morgan fingerprint density at radius 1 is 0.485 bits per heavy atom. The van der Waals surface area contributed by atoms with Gasteiger partial charge in [-0.2, -0.15) is 0 Å². The van der Waals surface area contributed by atoms with Crippen molar-refractivity contribution in [2.24, 2.45) is 0 Å². The van der Waals surface area contributed by atoms with E-state index in [4.69, 9.17) is 8.83 Å². The molecule has 0 amide bonds. The second-order valence-corrected chi connectivity index (χ2v) is 23.8. The molecule has 14 rings (SSSR count). The molecule has 332 valence electrons. The normalized spacial score (nSPS) is 15.0. The minimum atomic E-state index is -0.200. The van der Waals surface area contributed by atoms with Crippen LogP contribution in [0, 0.1) is 0 Å². The highest BCUT2D eigenvalue weighted by atomic mass is 16.3. The minimum Gasteiger partial charge on any atom is -0.456 e. The summed E-state index contributed by atoms with van der Waals surface area (Å²) in [7, 11) is 0. The summed E-state index contributed by atoms with van der Waals surface area (Å²) in [5, 5.41) is 7.10. The molecule has 0 N–H and O–H groups in total. The molecular weight excluding hydrogens is 828 g/mol. The van der Waals surface area contributed by atoms with E-state index in [0.29, 0.717) is 0 Å². The van der Waals surface area contributed by atoms with Crippen LogP contribution in [0.15, 0.2) is 142 Å². The van der Waals surface area contributed by atoms with E-state index in [2.05, 4.69) is 219 Å². The molecule has 5 heteroatoms. The number of rotatable bonds is 1. The smallest absolute Gasteiger partial charge is 0.333 e. The van der Waals surface area contributed by atoms with Crippen LogP contribution >= 0.6 is 0 Å². The molecule has 0 spiro atoms. The van der Waals surface area contributed by atoms with Gasteiger partial charge in [0.2, 0.25) is 0 Å². The molecule has 1 aliphatic carbocycles. The fourth-order valence-electron chi connectivity index (χ4n) is 12.6. The fourth-order valence-corrected chi connectivity index (χ4v) is 12.6. The average Bonchev–Trinajstić information content (AvgIpc) is 4.03. The van der Waals surface area contributed by atoms with Crippen molar-refractivity contribution in [1.29, 1.82) is 0 Å². The maximum absolute atomic E-state index is 7.34. The highest BCUT2D eigenvalue weighted by Gasteiger charge is 2.48. The second kappa shape index (κ2) is 12.8. The third-order valence-corrected chi connectivity index (χ3v) is 16.2. The van der Waals surface area contributed by atoms with Gasteiger partial charge in [-0.25, -0.2) is 0 Å². The third-order valence-electron chi connectivity index (χ3n) is 16.2. The topological polar surface area (TPSA) is 34.5 Å². The van der Waals surface area contributed by atoms with Gasteiger partial charge >= 0.3 is 6.85 Å². The number of aromatic nitrogens is 1. The number of furan rings is 2. The lowest BCUT2D eigenvalue weighted by Crippen LogP contribution is -2.60. The largest absolute Gasteiger partial charge is 0.456 e. The van der Waals surface area contributed by atoms with Crippen molar-refractivity contribution in [2.45, 2.75) is 97.8 Å². The molecule has 4 nitrogen and oxygen atoms in total. The van der Waals surface area contributed by atoms with E-state index in [9.17, 15) is 0 Å². The van der Waals surface area contributed by atoms with Gasteiger partial charge in [0, 0.05) is 65.9 Å². The zero-order valence-corrected chi connectivity index (χ0v) is 41.0. The van der Waals surface area contributed by atoms with E-state index in [1.807, 2.05) is 0 Å². The number of hydrogen-bond donors (Lipinski definition) is 0. The van der Waals surface area contributed by atoms with Gasteiger partial charge in [0.25, 0.3) is 0 Å². The Labute approximate surface area is 398 Å². The molecule has 3 aromatic heterocycles. The Balaban J connectivity index is 1.22. The summed E-state index contributed by atoms with van der Waals surface area (Å²) in [6.45, 7) is 25.4. The first-order valence-electron chi connectivity index (χ1n) is 24.5. The van der Waals surface area contributed by atoms with Crippen LogP contribution in [-0.2, 0) is 21.7 Å². The summed E-state index contributed by atoms with van der Waals surface area (Å²) < 4.78 is 16.9. The molecule has 3 aliphatic rings. The first-order valence-corrected chi connectivity index (χ1v) is 24.5. The van der Waals surface area contributed by atoms with E-state index in [1.165, 1.54) is 82.7 Å². The summed E-state index contributed by atoms with van der Waals surface area (Å²) in [5.41, 5.74) is 23.5. The van der Waals surface area contributed by atoms with Gasteiger partial charge in [-0.05, 0) is 127 Å².